The molecule has 1 aliphatic carbocycles. The molecule has 1 fully saturated rings. The zero-order valence-corrected chi connectivity index (χ0v) is 26.2. The van der Waals surface area contributed by atoms with Gasteiger partial charge in [0.2, 0.25) is 0 Å². The van der Waals surface area contributed by atoms with Crippen LogP contribution in [0.2, 0.25) is 5.02 Å². The van der Waals surface area contributed by atoms with Crippen LogP contribution in [0.3, 0.4) is 0 Å². The maximum absolute atomic E-state index is 12.4. The number of halogens is 1. The Labute approximate surface area is 260 Å². The Balaban J connectivity index is 1.72. The molecule has 1 heterocycles. The summed E-state index contributed by atoms with van der Waals surface area (Å²) in [7, 11) is 0. The summed E-state index contributed by atoms with van der Waals surface area (Å²) in [5, 5.41) is 3.37. The van der Waals surface area contributed by atoms with Crippen molar-refractivity contribution in [3.63, 3.8) is 0 Å². The number of esters is 4. The van der Waals surface area contributed by atoms with Gasteiger partial charge in [-0.1, -0.05) is 29.8 Å². The lowest BCUT2D eigenvalue weighted by Gasteiger charge is -2.44. The van der Waals surface area contributed by atoms with Gasteiger partial charge in [-0.15, -0.1) is 0 Å². The number of carbonyl (C=O) groups is 5. The van der Waals surface area contributed by atoms with E-state index in [-0.39, 0.29) is 18.9 Å². The first kappa shape index (κ1) is 32.8. The molecule has 1 saturated carbocycles. The predicted molar refractivity (Wildman–Crippen MR) is 158 cm³/mol. The van der Waals surface area contributed by atoms with E-state index in [4.69, 9.17) is 35.3 Å². The van der Waals surface area contributed by atoms with Crippen LogP contribution in [0.1, 0.15) is 70.6 Å². The number of anilines is 1. The van der Waals surface area contributed by atoms with Gasteiger partial charge in [0, 0.05) is 44.6 Å². The van der Waals surface area contributed by atoms with E-state index in [0.29, 0.717) is 22.9 Å². The molecule has 1 amide bonds. The minimum absolute atomic E-state index is 0.117. The van der Waals surface area contributed by atoms with Gasteiger partial charge in [0.05, 0.1) is 12.3 Å². The Morgan fingerprint density at radius 2 is 1.52 bits per heavy atom. The van der Waals surface area contributed by atoms with Crippen molar-refractivity contribution in [2.45, 2.75) is 84.2 Å². The van der Waals surface area contributed by atoms with Crippen molar-refractivity contribution in [2.75, 3.05) is 11.9 Å². The third kappa shape index (κ3) is 7.68. The van der Waals surface area contributed by atoms with E-state index in [1.165, 1.54) is 27.7 Å². The Morgan fingerprint density at radius 3 is 2.16 bits per heavy atom. The number of amides is 1. The van der Waals surface area contributed by atoms with Crippen molar-refractivity contribution in [1.29, 1.82) is 0 Å². The van der Waals surface area contributed by atoms with Gasteiger partial charge in [0.15, 0.2) is 11.7 Å². The predicted octanol–water partition coefficient (Wildman–Crippen LogP) is 4.50. The standard InChI is InChI=1S/C32H36ClNO10/c1-16(35)40-15-23-14-24(29(42-18(3)37)30(43-19(4)38)28(23)41-17(2)36)21-8-9-25(33)22(13-21)11-20-7-10-27-26(12-20)34-31(39)32(5,6)44-27/h7-10,12-13,23-24,28-30H,11,14-15H2,1-6H3,(H,34,39)/t23-,24+,28-,29+,30+/m1/s1. The molecule has 0 unspecified atom stereocenters. The SMILES string of the molecule is CC(=O)OC[C@H]1C[C@@H](c2ccc(Cl)c(Cc3ccc4c(c3)NC(=O)C(C)(C)O4)c2)[C@H](OC(C)=O)[C@@H](OC(C)=O)[C@@H]1OC(C)=O. The van der Waals surface area contributed by atoms with Crippen molar-refractivity contribution in [3.8, 4) is 5.75 Å². The highest BCUT2D eigenvalue weighted by atomic mass is 35.5. The Bertz CT molecular complexity index is 1470. The van der Waals surface area contributed by atoms with Crippen LogP contribution >= 0.6 is 11.6 Å². The van der Waals surface area contributed by atoms with Crippen molar-refractivity contribution in [2.24, 2.45) is 5.92 Å². The summed E-state index contributed by atoms with van der Waals surface area (Å²) in [6.07, 6.45) is -2.58. The number of rotatable bonds is 8. The molecule has 0 spiro atoms. The van der Waals surface area contributed by atoms with E-state index in [2.05, 4.69) is 5.32 Å². The van der Waals surface area contributed by atoms with Crippen LogP contribution in [0.4, 0.5) is 5.69 Å². The molecule has 0 aromatic heterocycles. The van der Waals surface area contributed by atoms with Crippen LogP contribution in [-0.4, -0.2) is 60.3 Å². The van der Waals surface area contributed by atoms with Crippen molar-refractivity contribution >= 4 is 47.1 Å². The average Bonchev–Trinajstić information content (AvgIpc) is 2.91. The number of nitrogens with one attached hydrogen (secondary N) is 1. The molecule has 0 saturated heterocycles. The molecular weight excluding hydrogens is 594 g/mol. The molecule has 44 heavy (non-hydrogen) atoms. The first-order valence-corrected chi connectivity index (χ1v) is 14.6. The summed E-state index contributed by atoms with van der Waals surface area (Å²) in [5.41, 5.74) is 1.88. The van der Waals surface area contributed by atoms with E-state index < -0.39 is 59.6 Å². The third-order valence-electron chi connectivity index (χ3n) is 7.57. The Morgan fingerprint density at radius 1 is 0.886 bits per heavy atom. The fourth-order valence-corrected chi connectivity index (χ4v) is 5.85. The minimum Gasteiger partial charge on any atom is -0.476 e. The molecule has 2 aliphatic rings. The molecule has 2 aromatic rings. The quantitative estimate of drug-likeness (QED) is 0.327. The number of fused-ring (bicyclic) bond motifs is 1. The van der Waals surface area contributed by atoms with Crippen LogP contribution in [0, 0.1) is 5.92 Å². The maximum atomic E-state index is 12.4. The van der Waals surface area contributed by atoms with Crippen LogP contribution in [0.15, 0.2) is 36.4 Å². The molecule has 1 N–H and O–H groups in total. The van der Waals surface area contributed by atoms with Gasteiger partial charge in [-0.05, 0) is 61.6 Å². The summed E-state index contributed by atoms with van der Waals surface area (Å²) >= 11 is 6.64. The zero-order chi connectivity index (χ0) is 32.3. The zero-order valence-electron chi connectivity index (χ0n) is 25.4. The van der Waals surface area contributed by atoms with Gasteiger partial charge in [-0.2, -0.15) is 0 Å². The fraction of sp³-hybridized carbons (Fsp3) is 0.469. The first-order valence-electron chi connectivity index (χ1n) is 14.2. The van der Waals surface area contributed by atoms with Gasteiger partial charge in [-0.3, -0.25) is 24.0 Å². The first-order chi connectivity index (χ1) is 20.6. The number of hydrogen-bond acceptors (Lipinski definition) is 10. The second kappa shape index (κ2) is 13.3. The van der Waals surface area contributed by atoms with Gasteiger partial charge < -0.3 is 29.0 Å². The van der Waals surface area contributed by atoms with Crippen molar-refractivity contribution in [1.82, 2.24) is 0 Å². The average molecular weight is 630 g/mol. The third-order valence-corrected chi connectivity index (χ3v) is 7.94. The highest BCUT2D eigenvalue weighted by Crippen LogP contribution is 2.43. The molecule has 0 bridgehead atoms. The summed E-state index contributed by atoms with van der Waals surface area (Å²) < 4.78 is 28.1. The normalized spacial score (nSPS) is 23.7. The molecule has 1 aliphatic heterocycles. The van der Waals surface area contributed by atoms with Crippen LogP contribution < -0.4 is 10.1 Å². The highest BCUT2D eigenvalue weighted by molar-refractivity contribution is 6.31. The number of ether oxygens (including phenoxy) is 5. The topological polar surface area (TPSA) is 144 Å². The van der Waals surface area contributed by atoms with Gasteiger partial charge >= 0.3 is 23.9 Å². The van der Waals surface area contributed by atoms with Crippen LogP contribution in [0.5, 0.6) is 5.75 Å². The molecular formula is C32H36ClNO10. The number of hydrogen-bond donors (Lipinski definition) is 1. The van der Waals surface area contributed by atoms with Crippen molar-refractivity contribution < 1.29 is 47.7 Å². The number of benzene rings is 2. The molecule has 4 rings (SSSR count). The fourth-order valence-electron chi connectivity index (χ4n) is 5.66. The van der Waals surface area contributed by atoms with E-state index in [0.717, 1.165) is 16.7 Å². The van der Waals surface area contributed by atoms with E-state index in [1.54, 1.807) is 32.0 Å². The Kier molecular flexibility index (Phi) is 9.88. The van der Waals surface area contributed by atoms with Crippen LogP contribution in [0.25, 0.3) is 0 Å². The summed E-state index contributed by atoms with van der Waals surface area (Å²) in [5.74, 6) is -3.28. The largest absolute Gasteiger partial charge is 0.476 e. The lowest BCUT2D eigenvalue weighted by Crippen LogP contribution is -2.56. The summed E-state index contributed by atoms with van der Waals surface area (Å²) in [6, 6.07) is 10.9. The highest BCUT2D eigenvalue weighted by Gasteiger charge is 2.51. The summed E-state index contributed by atoms with van der Waals surface area (Å²) in [4.78, 5) is 60.7. The van der Waals surface area contributed by atoms with E-state index in [9.17, 15) is 24.0 Å². The molecule has 236 valence electrons. The molecule has 0 radical (unpaired) electrons. The molecule has 11 nitrogen and oxygen atoms in total. The van der Waals surface area contributed by atoms with Gasteiger partial charge in [0.25, 0.3) is 5.91 Å². The minimum atomic E-state index is -1.17. The second-order valence-corrected chi connectivity index (χ2v) is 12.0. The lowest BCUT2D eigenvalue weighted by atomic mass is 9.72. The smallest absolute Gasteiger partial charge is 0.303 e. The maximum Gasteiger partial charge on any atom is 0.303 e. The van der Waals surface area contributed by atoms with Crippen molar-refractivity contribution in [3.05, 3.63) is 58.1 Å². The molecule has 12 heteroatoms. The van der Waals surface area contributed by atoms with E-state index in [1.807, 2.05) is 18.2 Å². The van der Waals surface area contributed by atoms with Gasteiger partial charge in [-0.25, -0.2) is 0 Å². The molecule has 5 atom stereocenters. The van der Waals surface area contributed by atoms with Crippen LogP contribution in [-0.2, 0) is 49.3 Å². The second-order valence-electron chi connectivity index (χ2n) is 11.6. The monoisotopic (exact) mass is 629 g/mol. The van der Waals surface area contributed by atoms with Gasteiger partial charge in [0.1, 0.15) is 18.0 Å². The summed E-state index contributed by atoms with van der Waals surface area (Å²) in [6.45, 7) is 8.18. The molecule has 2 aromatic carbocycles. The Hall–Kier alpha value is -4.12. The van der Waals surface area contributed by atoms with E-state index >= 15 is 0 Å². The lowest BCUT2D eigenvalue weighted by molar-refractivity contribution is -0.202. The number of carbonyl (C=O) groups excluding carboxylic acids is 5.